The minimum Gasteiger partial charge on any atom is -0.467 e. The number of imidazole rings is 1. The van der Waals surface area contributed by atoms with Crippen molar-refractivity contribution in [1.29, 1.82) is 0 Å². The van der Waals surface area contributed by atoms with Gasteiger partial charge in [0.15, 0.2) is 11.8 Å². The van der Waals surface area contributed by atoms with Gasteiger partial charge in [-0.3, -0.25) is 9.08 Å². The van der Waals surface area contributed by atoms with Crippen LogP contribution in [0.2, 0.25) is 0 Å². The first-order valence-corrected chi connectivity index (χ1v) is 16.0. The number of aromatic nitrogens is 6. The number of ether oxygens (including phenoxy) is 1. The lowest BCUT2D eigenvalue weighted by molar-refractivity contribution is 0.0829. The molecule has 1 atom stereocenters. The highest BCUT2D eigenvalue weighted by Gasteiger charge is 2.32. The topological polar surface area (TPSA) is 199 Å². The van der Waals surface area contributed by atoms with E-state index in [1.807, 2.05) is 0 Å². The number of hydrogen-bond donors (Lipinski definition) is 3. The van der Waals surface area contributed by atoms with E-state index in [2.05, 4.69) is 24.9 Å². The van der Waals surface area contributed by atoms with Crippen molar-refractivity contribution in [2.45, 2.75) is 23.9 Å². The monoisotopic (exact) mass is 630 g/mol. The lowest BCUT2D eigenvalue weighted by Gasteiger charge is -2.31. The molecule has 0 aliphatic carbocycles. The van der Waals surface area contributed by atoms with Gasteiger partial charge in [0, 0.05) is 50.3 Å². The number of benzene rings is 1. The summed E-state index contributed by atoms with van der Waals surface area (Å²) in [6.07, 6.45) is 7.77. The summed E-state index contributed by atoms with van der Waals surface area (Å²) < 4.78 is 57.1. The fourth-order valence-electron chi connectivity index (χ4n) is 4.81. The first kappa shape index (κ1) is 29.0. The standard InChI is InChI=1S/C25H27N8O8PS/c1-31-11-8-21(30-31)43(37,38)32-10-3-5-18(15-32)27-24-26-9-7-20(28-24)23-22(29-25-33(23)12-13-39-25)17-4-2-6-19(14-17)40-16-41-42(34,35)36/h2,4,6-9,11-14,18H,3,5,10,15-16H2,1H3,(H,26,27,28)(H2,34,35,36). The fourth-order valence-corrected chi connectivity index (χ4v) is 6.48. The van der Waals surface area contributed by atoms with Gasteiger partial charge in [-0.05, 0) is 37.1 Å². The number of piperidine rings is 1. The van der Waals surface area contributed by atoms with E-state index in [9.17, 15) is 13.0 Å². The van der Waals surface area contributed by atoms with Crippen molar-refractivity contribution >= 4 is 29.6 Å². The lowest BCUT2D eigenvalue weighted by Crippen LogP contribution is -2.45. The third-order valence-corrected chi connectivity index (χ3v) is 8.92. The Morgan fingerprint density at radius 2 is 2.05 bits per heavy atom. The number of anilines is 1. The van der Waals surface area contributed by atoms with Crippen LogP contribution in [0.25, 0.3) is 28.5 Å². The van der Waals surface area contributed by atoms with Crippen LogP contribution < -0.4 is 10.1 Å². The van der Waals surface area contributed by atoms with Gasteiger partial charge in [-0.1, -0.05) is 12.1 Å². The third-order valence-electron chi connectivity index (χ3n) is 6.72. The van der Waals surface area contributed by atoms with Crippen LogP contribution in [-0.4, -0.2) is 77.6 Å². The Labute approximate surface area is 245 Å². The number of nitrogens with one attached hydrogen (secondary N) is 1. The van der Waals surface area contributed by atoms with Gasteiger partial charge in [0.25, 0.3) is 10.0 Å². The minimum absolute atomic E-state index is 0.00933. The molecule has 0 spiro atoms. The molecule has 18 heteroatoms. The van der Waals surface area contributed by atoms with E-state index >= 15 is 0 Å². The number of phosphoric ester groups is 1. The molecule has 3 N–H and O–H groups in total. The van der Waals surface area contributed by atoms with E-state index in [0.29, 0.717) is 53.2 Å². The van der Waals surface area contributed by atoms with E-state index in [0.717, 1.165) is 6.42 Å². The number of rotatable bonds is 10. The predicted octanol–water partition coefficient (Wildman–Crippen LogP) is 2.50. The zero-order chi connectivity index (χ0) is 30.2. The zero-order valence-corrected chi connectivity index (χ0v) is 24.4. The van der Waals surface area contributed by atoms with Gasteiger partial charge < -0.3 is 24.3 Å². The van der Waals surface area contributed by atoms with Crippen LogP contribution >= 0.6 is 7.82 Å². The SMILES string of the molecule is Cn1ccc(S(=O)(=O)N2CCCC(Nc3nccc(-c4c(-c5cccc(OCOP(=O)(O)O)c5)nc5occn45)n3)C2)n1. The van der Waals surface area contributed by atoms with Crippen LogP contribution in [0.1, 0.15) is 12.8 Å². The number of fused-ring (bicyclic) bond motifs is 1. The maximum absolute atomic E-state index is 13.1. The van der Waals surface area contributed by atoms with Crippen molar-refractivity contribution in [2.24, 2.45) is 7.05 Å². The molecule has 1 unspecified atom stereocenters. The second-order valence-corrected chi connectivity index (χ2v) is 12.8. The molecule has 1 aliphatic rings. The molecule has 1 aromatic carbocycles. The molecule has 16 nitrogen and oxygen atoms in total. The van der Waals surface area contributed by atoms with Crippen molar-refractivity contribution in [1.82, 2.24) is 33.4 Å². The Morgan fingerprint density at radius 1 is 1.19 bits per heavy atom. The minimum atomic E-state index is -4.68. The van der Waals surface area contributed by atoms with Gasteiger partial charge >= 0.3 is 13.7 Å². The number of phosphoric acid groups is 1. The van der Waals surface area contributed by atoms with Crippen molar-refractivity contribution in [3.8, 4) is 28.4 Å². The van der Waals surface area contributed by atoms with Gasteiger partial charge in [0.2, 0.25) is 5.95 Å². The molecular formula is C25H27N8O8PS. The van der Waals surface area contributed by atoms with Crippen molar-refractivity contribution in [3.63, 3.8) is 0 Å². The maximum atomic E-state index is 13.1. The second kappa shape index (κ2) is 11.5. The molecule has 1 aliphatic heterocycles. The van der Waals surface area contributed by atoms with Crippen molar-refractivity contribution in [3.05, 3.63) is 61.3 Å². The van der Waals surface area contributed by atoms with E-state index in [-0.39, 0.29) is 17.6 Å². The second-order valence-electron chi connectivity index (χ2n) is 9.71. The first-order chi connectivity index (χ1) is 20.6. The van der Waals surface area contributed by atoms with Crippen LogP contribution in [0, 0.1) is 0 Å². The fraction of sp³-hybridized carbons (Fsp3) is 0.280. The molecule has 0 amide bonds. The van der Waals surface area contributed by atoms with E-state index in [1.54, 1.807) is 60.4 Å². The summed E-state index contributed by atoms with van der Waals surface area (Å²) in [5.41, 5.74) is 2.25. The summed E-state index contributed by atoms with van der Waals surface area (Å²) in [6.45, 7) is -0.0202. The number of sulfonamides is 1. The van der Waals surface area contributed by atoms with Gasteiger partial charge in [-0.15, -0.1) is 0 Å². The quantitative estimate of drug-likeness (QED) is 0.150. The number of aryl methyl sites for hydroxylation is 1. The summed E-state index contributed by atoms with van der Waals surface area (Å²) in [6, 6.07) is 9.72. The molecule has 5 aromatic rings. The Kier molecular flexibility index (Phi) is 7.76. The number of oxazole rings is 1. The van der Waals surface area contributed by atoms with Gasteiger partial charge in [-0.2, -0.15) is 14.4 Å². The van der Waals surface area contributed by atoms with E-state index in [4.69, 9.17) is 23.9 Å². The Balaban J connectivity index is 1.25. The maximum Gasteiger partial charge on any atom is 0.472 e. The average molecular weight is 631 g/mol. The lowest BCUT2D eigenvalue weighted by atomic mass is 10.1. The number of hydrogen-bond acceptors (Lipinski definition) is 11. The van der Waals surface area contributed by atoms with Crippen molar-refractivity contribution in [2.75, 3.05) is 25.2 Å². The molecule has 226 valence electrons. The van der Waals surface area contributed by atoms with Crippen LogP contribution in [0.15, 0.2) is 70.7 Å². The van der Waals surface area contributed by atoms with Crippen LogP contribution in [-0.2, 0) is 26.2 Å². The molecule has 4 aromatic heterocycles. The summed E-state index contributed by atoms with van der Waals surface area (Å²) in [4.78, 5) is 31.5. The Bertz CT molecular complexity index is 1920. The van der Waals surface area contributed by atoms with Crippen LogP contribution in [0.5, 0.6) is 5.75 Å². The molecule has 0 saturated carbocycles. The molecular weight excluding hydrogens is 603 g/mol. The van der Waals surface area contributed by atoms with Gasteiger partial charge in [-0.25, -0.2) is 27.5 Å². The largest absolute Gasteiger partial charge is 0.472 e. The zero-order valence-electron chi connectivity index (χ0n) is 22.7. The van der Waals surface area contributed by atoms with Gasteiger partial charge in [0.05, 0.1) is 5.69 Å². The Morgan fingerprint density at radius 3 is 2.84 bits per heavy atom. The summed E-state index contributed by atoms with van der Waals surface area (Å²) in [7, 11) is -6.75. The predicted molar refractivity (Wildman–Crippen MR) is 151 cm³/mol. The molecule has 1 fully saturated rings. The van der Waals surface area contributed by atoms with E-state index < -0.39 is 24.6 Å². The van der Waals surface area contributed by atoms with Crippen molar-refractivity contribution < 1.29 is 36.4 Å². The summed E-state index contributed by atoms with van der Waals surface area (Å²) in [5, 5.41) is 7.36. The van der Waals surface area contributed by atoms with Crippen LogP contribution in [0.4, 0.5) is 5.95 Å². The molecule has 6 rings (SSSR count). The molecule has 0 bridgehead atoms. The molecule has 0 radical (unpaired) electrons. The average Bonchev–Trinajstić information content (AvgIpc) is 3.69. The highest BCUT2D eigenvalue weighted by Crippen LogP contribution is 2.37. The first-order valence-electron chi connectivity index (χ1n) is 13.1. The molecule has 5 heterocycles. The number of nitrogens with zero attached hydrogens (tertiary/aromatic N) is 7. The molecule has 1 saturated heterocycles. The van der Waals surface area contributed by atoms with Crippen LogP contribution in [0.3, 0.4) is 0 Å². The third kappa shape index (κ3) is 6.31. The smallest absolute Gasteiger partial charge is 0.467 e. The summed E-state index contributed by atoms with van der Waals surface area (Å²) >= 11 is 0. The summed E-state index contributed by atoms with van der Waals surface area (Å²) in [5.74, 6) is 0.932. The van der Waals surface area contributed by atoms with Gasteiger partial charge in [0.1, 0.15) is 23.4 Å². The Hall–Kier alpha value is -4.12. The highest BCUT2D eigenvalue weighted by molar-refractivity contribution is 7.89. The highest BCUT2D eigenvalue weighted by atomic mass is 32.2. The molecule has 43 heavy (non-hydrogen) atoms. The van der Waals surface area contributed by atoms with E-state index in [1.165, 1.54) is 21.3 Å². The normalized spacial score (nSPS) is 16.5.